The van der Waals surface area contributed by atoms with E-state index >= 15 is 0 Å². The van der Waals surface area contributed by atoms with E-state index in [1.165, 1.54) is 33.4 Å². The van der Waals surface area contributed by atoms with Gasteiger partial charge in [0.1, 0.15) is 0 Å². The molecule has 2 unspecified atom stereocenters. The zero-order chi connectivity index (χ0) is 22.3. The SMILES string of the molecule is C[CH]=[Zr+2][CH]1c2ccccc2-c2cccc(C3C=C(CCO[Si](C)(C)C)c4ccccc43)c21.[Cl-].[Cl-]. The average molecular weight is 586 g/mol. The van der Waals surface area contributed by atoms with E-state index in [9.17, 15) is 0 Å². The van der Waals surface area contributed by atoms with Gasteiger partial charge in [0, 0.05) is 0 Å². The summed E-state index contributed by atoms with van der Waals surface area (Å²) < 4.78 is 9.32. The molecular formula is C29H31Cl2OSiZr. The smallest absolute Gasteiger partial charge is 1.00 e. The molecule has 0 amide bonds. The number of hydrogen-bond acceptors (Lipinski definition) is 1. The molecular weight excluding hydrogens is 555 g/mol. The summed E-state index contributed by atoms with van der Waals surface area (Å²) in [6.45, 7) is 9.90. The Balaban J connectivity index is 0.00000162. The summed E-state index contributed by atoms with van der Waals surface area (Å²) in [7, 11) is -1.50. The maximum absolute atomic E-state index is 6.21. The Bertz CT molecular complexity index is 1230. The average Bonchev–Trinajstić information content (AvgIpc) is 3.30. The Morgan fingerprint density at radius 3 is 2.12 bits per heavy atom. The van der Waals surface area contributed by atoms with Gasteiger partial charge in [0.15, 0.2) is 0 Å². The second-order valence-corrected chi connectivity index (χ2v) is 17.9. The van der Waals surface area contributed by atoms with E-state index in [2.05, 4.69) is 103 Å². The van der Waals surface area contributed by atoms with Crippen molar-refractivity contribution in [1.29, 1.82) is 0 Å². The third-order valence-corrected chi connectivity index (χ3v) is 10.8. The molecule has 34 heavy (non-hydrogen) atoms. The van der Waals surface area contributed by atoms with E-state index in [-0.39, 0.29) is 24.8 Å². The normalized spacial score (nSPS) is 17.7. The first-order valence-corrected chi connectivity index (χ1v) is 17.9. The molecule has 2 aliphatic carbocycles. The van der Waals surface area contributed by atoms with E-state index in [1.807, 2.05) is 0 Å². The predicted molar refractivity (Wildman–Crippen MR) is 136 cm³/mol. The number of allylic oxidation sites excluding steroid dienone is 1. The molecule has 0 heterocycles. The van der Waals surface area contributed by atoms with Crippen molar-refractivity contribution in [3.05, 3.63) is 101 Å². The van der Waals surface area contributed by atoms with E-state index in [1.54, 1.807) is 11.1 Å². The fraction of sp³-hybridized carbons (Fsp3) is 0.276. The topological polar surface area (TPSA) is 9.23 Å². The predicted octanol–water partition coefficient (Wildman–Crippen LogP) is 1.44. The van der Waals surface area contributed by atoms with E-state index < -0.39 is 31.1 Å². The fourth-order valence-corrected chi connectivity index (χ4v) is 9.08. The first kappa shape index (κ1) is 27.5. The first-order valence-electron chi connectivity index (χ1n) is 11.7. The molecule has 0 aromatic heterocycles. The number of rotatable bonds is 6. The van der Waals surface area contributed by atoms with Crippen LogP contribution >= 0.6 is 0 Å². The summed E-state index contributed by atoms with van der Waals surface area (Å²) in [5, 5.41) is 0. The number of hydrogen-bond donors (Lipinski definition) is 0. The van der Waals surface area contributed by atoms with E-state index in [0.29, 0.717) is 9.54 Å². The van der Waals surface area contributed by atoms with Crippen molar-refractivity contribution in [2.45, 2.75) is 42.5 Å². The molecule has 1 nitrogen and oxygen atoms in total. The first-order chi connectivity index (χ1) is 15.5. The van der Waals surface area contributed by atoms with Crippen LogP contribution in [-0.2, 0) is 27.2 Å². The second-order valence-electron chi connectivity index (χ2n) is 9.75. The summed E-state index contributed by atoms with van der Waals surface area (Å²) in [5.41, 5.74) is 11.9. The summed E-state index contributed by atoms with van der Waals surface area (Å²) in [4.78, 5) is 0. The number of halogens is 2. The zero-order valence-corrected chi connectivity index (χ0v) is 25.2. The van der Waals surface area contributed by atoms with Crippen LogP contribution in [0.15, 0.2) is 72.8 Å². The van der Waals surface area contributed by atoms with Crippen LogP contribution < -0.4 is 24.8 Å². The number of fused-ring (bicyclic) bond motifs is 4. The molecule has 2 atom stereocenters. The van der Waals surface area contributed by atoms with Gasteiger partial charge in [0.2, 0.25) is 0 Å². The van der Waals surface area contributed by atoms with Gasteiger partial charge in [0.05, 0.1) is 0 Å². The molecule has 2 aliphatic rings. The Kier molecular flexibility index (Phi) is 9.15. The quantitative estimate of drug-likeness (QED) is 0.398. The summed E-state index contributed by atoms with van der Waals surface area (Å²) in [6, 6.07) is 25.1. The molecule has 5 rings (SSSR count). The summed E-state index contributed by atoms with van der Waals surface area (Å²) in [5.74, 6) is 0.344. The molecule has 0 bridgehead atoms. The van der Waals surface area contributed by atoms with Gasteiger partial charge in [-0.15, -0.1) is 0 Å². The van der Waals surface area contributed by atoms with Gasteiger partial charge in [-0.25, -0.2) is 0 Å². The van der Waals surface area contributed by atoms with E-state index in [0.717, 1.165) is 13.0 Å². The van der Waals surface area contributed by atoms with Gasteiger partial charge in [-0.1, -0.05) is 0 Å². The third-order valence-electron chi connectivity index (χ3n) is 6.58. The summed E-state index contributed by atoms with van der Waals surface area (Å²) >= 11 is -0.666. The fourth-order valence-electron chi connectivity index (χ4n) is 5.28. The van der Waals surface area contributed by atoms with Crippen LogP contribution in [0.25, 0.3) is 16.7 Å². The van der Waals surface area contributed by atoms with Gasteiger partial charge >= 0.3 is 206 Å². The third kappa shape index (κ3) is 5.20. The van der Waals surface area contributed by atoms with Crippen LogP contribution in [0.5, 0.6) is 0 Å². The Labute approximate surface area is 229 Å². The van der Waals surface area contributed by atoms with Crippen LogP contribution in [0.1, 0.15) is 50.7 Å². The van der Waals surface area contributed by atoms with Crippen molar-refractivity contribution in [2.24, 2.45) is 0 Å². The maximum Gasteiger partial charge on any atom is -1.00 e. The molecule has 175 valence electrons. The molecule has 0 N–H and O–H groups in total. The van der Waals surface area contributed by atoms with Gasteiger partial charge < -0.3 is 24.8 Å². The van der Waals surface area contributed by atoms with Gasteiger partial charge in [-0.3, -0.25) is 0 Å². The minimum Gasteiger partial charge on any atom is -1.00 e. The van der Waals surface area contributed by atoms with Crippen LogP contribution in [0.4, 0.5) is 0 Å². The van der Waals surface area contributed by atoms with Crippen molar-refractivity contribution >= 4 is 17.6 Å². The van der Waals surface area contributed by atoms with Crippen molar-refractivity contribution in [1.82, 2.24) is 0 Å². The van der Waals surface area contributed by atoms with Crippen LogP contribution in [0, 0.1) is 0 Å². The molecule has 0 saturated carbocycles. The van der Waals surface area contributed by atoms with Crippen molar-refractivity contribution in [3.8, 4) is 11.1 Å². The Morgan fingerprint density at radius 1 is 0.794 bits per heavy atom. The monoisotopic (exact) mass is 583 g/mol. The van der Waals surface area contributed by atoms with Gasteiger partial charge in [-0.05, 0) is 0 Å². The molecule has 0 fully saturated rings. The van der Waals surface area contributed by atoms with Crippen LogP contribution in [0.3, 0.4) is 0 Å². The van der Waals surface area contributed by atoms with E-state index in [4.69, 9.17) is 4.43 Å². The standard InChI is InChI=1S/C27H27OSi.C2H4.2ClH.Zr/c1-29(2,3)28-16-15-20-18-27(23-12-7-6-11-22(20)23)25-14-8-13-24-21-10-5-4-9-19(21)17-26(24)25;1-2;;;/h4-14,17-18,27H,15-16H2,1-3H3;1H,2H3;2*1H;/q;;;;+2/p-2. The maximum atomic E-state index is 6.21. The molecule has 0 aliphatic heterocycles. The molecule has 5 heteroatoms. The minimum atomic E-state index is -1.50. The van der Waals surface area contributed by atoms with Crippen molar-refractivity contribution < 1.29 is 52.0 Å². The largest absolute Gasteiger partial charge is 1.00 e. The Hall–Kier alpha value is -1.09. The molecule has 3 aromatic carbocycles. The van der Waals surface area contributed by atoms with Crippen molar-refractivity contribution in [3.63, 3.8) is 0 Å². The molecule has 0 spiro atoms. The minimum absolute atomic E-state index is 0. The second kappa shape index (κ2) is 11.3. The van der Waals surface area contributed by atoms with Crippen molar-refractivity contribution in [2.75, 3.05) is 6.61 Å². The molecule has 0 radical (unpaired) electrons. The Morgan fingerprint density at radius 2 is 1.41 bits per heavy atom. The number of benzene rings is 3. The van der Waals surface area contributed by atoms with Crippen LogP contribution in [-0.4, -0.2) is 18.6 Å². The molecule has 3 aromatic rings. The summed E-state index contributed by atoms with van der Waals surface area (Å²) in [6.07, 6.45) is 3.53. The van der Waals surface area contributed by atoms with Crippen LogP contribution in [0.2, 0.25) is 19.6 Å². The molecule has 0 saturated heterocycles. The van der Waals surface area contributed by atoms with Gasteiger partial charge in [0.25, 0.3) is 0 Å². The van der Waals surface area contributed by atoms with Gasteiger partial charge in [-0.2, -0.15) is 0 Å². The zero-order valence-electron chi connectivity index (χ0n) is 20.2.